The van der Waals surface area contributed by atoms with E-state index in [9.17, 15) is 4.79 Å². The van der Waals surface area contributed by atoms with Gasteiger partial charge in [-0.1, -0.05) is 6.07 Å². The summed E-state index contributed by atoms with van der Waals surface area (Å²) >= 11 is 0. The van der Waals surface area contributed by atoms with Gasteiger partial charge in [-0.05, 0) is 81.3 Å². The van der Waals surface area contributed by atoms with E-state index in [-0.39, 0.29) is 12.0 Å². The summed E-state index contributed by atoms with van der Waals surface area (Å²) in [5.41, 5.74) is 5.11. The number of aromatic nitrogens is 1. The second-order valence-electron chi connectivity index (χ2n) is 7.11. The number of hydrogen-bond acceptors (Lipinski definition) is 4. The minimum absolute atomic E-state index is 0.135. The Bertz CT molecular complexity index is 946. The van der Waals surface area contributed by atoms with Crippen molar-refractivity contribution in [1.29, 1.82) is 0 Å². The van der Waals surface area contributed by atoms with Crippen LogP contribution in [0, 0.1) is 13.8 Å². The van der Waals surface area contributed by atoms with Crippen molar-refractivity contribution in [3.63, 3.8) is 0 Å². The number of pyridine rings is 1. The van der Waals surface area contributed by atoms with Crippen molar-refractivity contribution < 1.29 is 9.53 Å². The van der Waals surface area contributed by atoms with Gasteiger partial charge in [0.05, 0.1) is 23.6 Å². The van der Waals surface area contributed by atoms with Crippen LogP contribution in [0.25, 0.3) is 0 Å². The fraction of sp³-hybridized carbons (Fsp3) is 0.217. The normalized spacial score (nSPS) is 10.6. The molecule has 0 bridgehead atoms. The van der Waals surface area contributed by atoms with E-state index in [1.165, 1.54) is 0 Å². The molecule has 0 saturated heterocycles. The van der Waals surface area contributed by atoms with E-state index in [0.29, 0.717) is 5.56 Å². The Kier molecular flexibility index (Phi) is 5.94. The predicted molar refractivity (Wildman–Crippen MR) is 114 cm³/mol. The number of aryl methyl sites for hydroxylation is 2. The molecule has 144 valence electrons. The van der Waals surface area contributed by atoms with Gasteiger partial charge in [-0.15, -0.1) is 0 Å². The van der Waals surface area contributed by atoms with Crippen LogP contribution in [0.4, 0.5) is 17.1 Å². The molecule has 28 heavy (non-hydrogen) atoms. The number of amides is 1. The summed E-state index contributed by atoms with van der Waals surface area (Å²) in [6.07, 6.45) is 3.38. The molecule has 3 rings (SSSR count). The molecule has 2 aromatic carbocycles. The van der Waals surface area contributed by atoms with Crippen LogP contribution in [0.3, 0.4) is 0 Å². The molecule has 0 unspecified atom stereocenters. The molecule has 5 heteroatoms. The van der Waals surface area contributed by atoms with Gasteiger partial charge in [-0.2, -0.15) is 0 Å². The predicted octanol–water partition coefficient (Wildman–Crippen LogP) is 5.48. The minimum atomic E-state index is -0.193. The third kappa shape index (κ3) is 5.33. The van der Waals surface area contributed by atoms with E-state index in [4.69, 9.17) is 4.74 Å². The highest BCUT2D eigenvalue weighted by molar-refractivity contribution is 6.04. The van der Waals surface area contributed by atoms with Crippen LogP contribution in [-0.2, 0) is 0 Å². The molecule has 0 aliphatic heterocycles. The van der Waals surface area contributed by atoms with Crippen LogP contribution >= 0.6 is 0 Å². The van der Waals surface area contributed by atoms with E-state index in [1.807, 2.05) is 64.1 Å². The number of hydrogen-bond donors (Lipinski definition) is 2. The Morgan fingerprint density at radius 2 is 1.57 bits per heavy atom. The molecule has 0 aliphatic rings. The Morgan fingerprint density at radius 3 is 2.21 bits per heavy atom. The minimum Gasteiger partial charge on any atom is -0.491 e. The van der Waals surface area contributed by atoms with Gasteiger partial charge in [0.25, 0.3) is 5.91 Å². The van der Waals surface area contributed by atoms with Crippen LogP contribution < -0.4 is 15.4 Å². The van der Waals surface area contributed by atoms with Crippen LogP contribution in [0.1, 0.15) is 35.3 Å². The van der Waals surface area contributed by atoms with Crippen LogP contribution in [0.2, 0.25) is 0 Å². The molecule has 0 fully saturated rings. The molecule has 1 heterocycles. The van der Waals surface area contributed by atoms with Gasteiger partial charge in [0.1, 0.15) is 5.75 Å². The number of nitrogens with zero attached hydrogens (tertiary/aromatic N) is 1. The van der Waals surface area contributed by atoms with E-state index in [2.05, 4.69) is 21.7 Å². The summed E-state index contributed by atoms with van der Waals surface area (Å²) in [4.78, 5) is 16.8. The van der Waals surface area contributed by atoms with Crippen molar-refractivity contribution in [2.75, 3.05) is 10.6 Å². The van der Waals surface area contributed by atoms with Crippen molar-refractivity contribution in [3.05, 3.63) is 77.6 Å². The lowest BCUT2D eigenvalue weighted by atomic mass is 10.1. The highest BCUT2D eigenvalue weighted by Gasteiger charge is 2.09. The first kappa shape index (κ1) is 19.4. The quantitative estimate of drug-likeness (QED) is 0.599. The lowest BCUT2D eigenvalue weighted by Crippen LogP contribution is -2.12. The maximum Gasteiger partial charge on any atom is 0.257 e. The second-order valence-corrected chi connectivity index (χ2v) is 7.11. The van der Waals surface area contributed by atoms with Crippen molar-refractivity contribution in [2.45, 2.75) is 33.8 Å². The standard InChI is InChI=1S/C23H25N3O2/c1-15(2)28-22-7-5-19(6-8-22)25-21-12-18(13-24-14-21)23(27)26-20-10-16(3)9-17(4)11-20/h5-15,25H,1-4H3,(H,26,27). The Hall–Kier alpha value is -3.34. The molecule has 5 nitrogen and oxygen atoms in total. The molecule has 0 saturated carbocycles. The Morgan fingerprint density at radius 1 is 0.893 bits per heavy atom. The molecule has 2 N–H and O–H groups in total. The SMILES string of the molecule is Cc1cc(C)cc(NC(=O)c2cncc(Nc3ccc(OC(C)C)cc3)c2)c1. The maximum absolute atomic E-state index is 12.6. The Balaban J connectivity index is 1.70. The largest absolute Gasteiger partial charge is 0.491 e. The molecule has 3 aromatic rings. The average molecular weight is 375 g/mol. The fourth-order valence-electron chi connectivity index (χ4n) is 2.94. The first-order valence-electron chi connectivity index (χ1n) is 9.27. The molecule has 0 aliphatic carbocycles. The topological polar surface area (TPSA) is 63.2 Å². The van der Waals surface area contributed by atoms with E-state index in [0.717, 1.165) is 33.9 Å². The second kappa shape index (κ2) is 8.57. The zero-order valence-corrected chi connectivity index (χ0v) is 16.6. The number of rotatable bonds is 6. The highest BCUT2D eigenvalue weighted by atomic mass is 16.5. The van der Waals surface area contributed by atoms with E-state index >= 15 is 0 Å². The fourth-order valence-corrected chi connectivity index (χ4v) is 2.94. The van der Waals surface area contributed by atoms with Gasteiger partial charge in [0.15, 0.2) is 0 Å². The summed E-state index contributed by atoms with van der Waals surface area (Å²) in [5.74, 6) is 0.627. The maximum atomic E-state index is 12.6. The van der Waals surface area contributed by atoms with E-state index < -0.39 is 0 Å². The average Bonchev–Trinajstić information content (AvgIpc) is 2.62. The number of carbonyl (C=O) groups is 1. The van der Waals surface area contributed by atoms with Gasteiger partial charge in [-0.25, -0.2) is 0 Å². The number of anilines is 3. The molecule has 0 atom stereocenters. The summed E-state index contributed by atoms with van der Waals surface area (Å²) in [5, 5.41) is 6.20. The van der Waals surface area contributed by atoms with Crippen molar-refractivity contribution in [1.82, 2.24) is 4.98 Å². The summed E-state index contributed by atoms with van der Waals surface area (Å²) in [6, 6.07) is 15.4. The summed E-state index contributed by atoms with van der Waals surface area (Å²) in [6.45, 7) is 8.00. The van der Waals surface area contributed by atoms with Crippen molar-refractivity contribution in [2.24, 2.45) is 0 Å². The molecular formula is C23H25N3O2. The molecule has 1 aromatic heterocycles. The van der Waals surface area contributed by atoms with Crippen molar-refractivity contribution in [3.8, 4) is 5.75 Å². The zero-order valence-electron chi connectivity index (χ0n) is 16.6. The van der Waals surface area contributed by atoms with Crippen LogP contribution in [0.15, 0.2) is 60.9 Å². The monoisotopic (exact) mass is 375 g/mol. The summed E-state index contributed by atoms with van der Waals surface area (Å²) in [7, 11) is 0. The Labute approximate surface area is 165 Å². The smallest absolute Gasteiger partial charge is 0.257 e. The zero-order chi connectivity index (χ0) is 20.1. The van der Waals surface area contributed by atoms with E-state index in [1.54, 1.807) is 18.5 Å². The number of nitrogens with one attached hydrogen (secondary N) is 2. The highest BCUT2D eigenvalue weighted by Crippen LogP contribution is 2.21. The van der Waals surface area contributed by atoms with Gasteiger partial charge in [0.2, 0.25) is 0 Å². The number of benzene rings is 2. The molecule has 0 spiro atoms. The molecule has 0 radical (unpaired) electrons. The summed E-state index contributed by atoms with van der Waals surface area (Å²) < 4.78 is 5.65. The van der Waals surface area contributed by atoms with Crippen LogP contribution in [-0.4, -0.2) is 17.0 Å². The van der Waals surface area contributed by atoms with Gasteiger partial charge in [-0.3, -0.25) is 9.78 Å². The molecule has 1 amide bonds. The molecular weight excluding hydrogens is 350 g/mol. The van der Waals surface area contributed by atoms with Gasteiger partial charge in [0, 0.05) is 17.6 Å². The van der Waals surface area contributed by atoms with Crippen LogP contribution in [0.5, 0.6) is 5.75 Å². The lowest BCUT2D eigenvalue weighted by molar-refractivity contribution is 0.102. The van der Waals surface area contributed by atoms with Gasteiger partial charge >= 0.3 is 0 Å². The first-order chi connectivity index (χ1) is 13.4. The lowest BCUT2D eigenvalue weighted by Gasteiger charge is -2.12. The third-order valence-corrected chi connectivity index (χ3v) is 3.99. The van der Waals surface area contributed by atoms with Gasteiger partial charge < -0.3 is 15.4 Å². The number of ether oxygens (including phenoxy) is 1. The van der Waals surface area contributed by atoms with Crippen molar-refractivity contribution >= 4 is 23.0 Å². The first-order valence-corrected chi connectivity index (χ1v) is 9.27. The number of carbonyl (C=O) groups excluding carboxylic acids is 1. The third-order valence-electron chi connectivity index (χ3n) is 3.99.